The average Bonchev–Trinajstić information content (AvgIpc) is 2.49. The van der Waals surface area contributed by atoms with E-state index in [-0.39, 0.29) is 6.04 Å². The Labute approximate surface area is 124 Å². The van der Waals surface area contributed by atoms with Crippen LogP contribution in [0.4, 0.5) is 0 Å². The van der Waals surface area contributed by atoms with Crippen molar-refractivity contribution in [1.82, 2.24) is 10.3 Å². The Kier molecular flexibility index (Phi) is 5.39. The standard InChI is InChI=1S/C16H19ClN2O/c1-3-8-19-16(12-4-6-14(17)7-5-12)13-9-15(20-2)11-18-10-13/h4-7,9-11,16,19H,3,8H2,1-2H3. The van der Waals surface area contributed by atoms with Gasteiger partial charge >= 0.3 is 0 Å². The van der Waals surface area contributed by atoms with Crippen LogP contribution < -0.4 is 10.1 Å². The van der Waals surface area contributed by atoms with Gasteiger partial charge in [-0.15, -0.1) is 0 Å². The second-order valence-corrected chi connectivity index (χ2v) is 5.03. The molecule has 3 nitrogen and oxygen atoms in total. The minimum atomic E-state index is 0.0924. The van der Waals surface area contributed by atoms with Crippen LogP contribution in [0.15, 0.2) is 42.7 Å². The Balaban J connectivity index is 2.32. The van der Waals surface area contributed by atoms with Crippen LogP contribution in [0.2, 0.25) is 5.02 Å². The van der Waals surface area contributed by atoms with Crippen molar-refractivity contribution in [3.05, 3.63) is 58.9 Å². The third kappa shape index (κ3) is 3.71. The lowest BCUT2D eigenvalue weighted by molar-refractivity contribution is 0.411. The number of nitrogens with zero attached hydrogens (tertiary/aromatic N) is 1. The van der Waals surface area contributed by atoms with Gasteiger partial charge in [0.1, 0.15) is 5.75 Å². The van der Waals surface area contributed by atoms with Crippen molar-refractivity contribution in [3.8, 4) is 5.75 Å². The molecule has 0 saturated heterocycles. The maximum atomic E-state index is 5.96. The first-order chi connectivity index (χ1) is 9.74. The maximum absolute atomic E-state index is 5.96. The van der Waals surface area contributed by atoms with Gasteiger partial charge in [0.05, 0.1) is 19.3 Å². The van der Waals surface area contributed by atoms with E-state index in [4.69, 9.17) is 16.3 Å². The van der Waals surface area contributed by atoms with Crippen molar-refractivity contribution in [2.24, 2.45) is 0 Å². The molecule has 1 aromatic carbocycles. The molecular formula is C16H19ClN2O. The number of methoxy groups -OCH3 is 1. The molecular weight excluding hydrogens is 272 g/mol. The van der Waals surface area contributed by atoms with Gasteiger partial charge < -0.3 is 10.1 Å². The van der Waals surface area contributed by atoms with E-state index >= 15 is 0 Å². The SMILES string of the molecule is CCCNC(c1ccc(Cl)cc1)c1cncc(OC)c1. The van der Waals surface area contributed by atoms with Crippen molar-refractivity contribution >= 4 is 11.6 Å². The number of benzene rings is 1. The maximum Gasteiger partial charge on any atom is 0.137 e. The lowest BCUT2D eigenvalue weighted by Crippen LogP contribution is -2.23. The molecule has 4 heteroatoms. The molecule has 0 aliphatic rings. The normalized spacial score (nSPS) is 12.2. The molecule has 0 saturated carbocycles. The molecule has 2 aromatic rings. The molecule has 0 amide bonds. The Morgan fingerprint density at radius 1 is 1.20 bits per heavy atom. The first-order valence-corrected chi connectivity index (χ1v) is 7.10. The molecule has 0 radical (unpaired) electrons. The molecule has 1 unspecified atom stereocenters. The number of ether oxygens (including phenoxy) is 1. The highest BCUT2D eigenvalue weighted by Gasteiger charge is 2.14. The molecule has 20 heavy (non-hydrogen) atoms. The molecule has 1 aromatic heterocycles. The van der Waals surface area contributed by atoms with Crippen molar-refractivity contribution in [3.63, 3.8) is 0 Å². The molecule has 1 heterocycles. The fourth-order valence-electron chi connectivity index (χ4n) is 2.08. The molecule has 0 spiro atoms. The van der Waals surface area contributed by atoms with E-state index in [1.807, 2.05) is 36.5 Å². The van der Waals surface area contributed by atoms with Crippen LogP contribution in [-0.4, -0.2) is 18.6 Å². The number of nitrogens with one attached hydrogen (secondary N) is 1. The van der Waals surface area contributed by atoms with E-state index in [0.29, 0.717) is 0 Å². The first-order valence-electron chi connectivity index (χ1n) is 6.72. The molecule has 106 valence electrons. The molecule has 0 fully saturated rings. The Morgan fingerprint density at radius 2 is 1.95 bits per heavy atom. The number of aromatic nitrogens is 1. The summed E-state index contributed by atoms with van der Waals surface area (Å²) in [6.45, 7) is 3.08. The van der Waals surface area contributed by atoms with Gasteiger partial charge in [-0.25, -0.2) is 0 Å². The van der Waals surface area contributed by atoms with E-state index in [1.54, 1.807) is 13.3 Å². The number of hydrogen-bond acceptors (Lipinski definition) is 3. The van der Waals surface area contributed by atoms with Gasteiger partial charge in [-0.1, -0.05) is 30.7 Å². The number of rotatable bonds is 6. The molecule has 0 bridgehead atoms. The number of hydrogen-bond donors (Lipinski definition) is 1. The summed E-state index contributed by atoms with van der Waals surface area (Å²) < 4.78 is 5.25. The van der Waals surface area contributed by atoms with Crippen LogP contribution in [-0.2, 0) is 0 Å². The average molecular weight is 291 g/mol. The van der Waals surface area contributed by atoms with Gasteiger partial charge in [0.15, 0.2) is 0 Å². The second kappa shape index (κ2) is 7.27. The van der Waals surface area contributed by atoms with Crippen molar-refractivity contribution < 1.29 is 4.74 Å². The van der Waals surface area contributed by atoms with Gasteiger partial charge in [-0.2, -0.15) is 0 Å². The Hall–Kier alpha value is -1.58. The summed E-state index contributed by atoms with van der Waals surface area (Å²) in [5.74, 6) is 0.764. The number of halogens is 1. The van der Waals surface area contributed by atoms with Crippen molar-refractivity contribution in [2.45, 2.75) is 19.4 Å². The summed E-state index contributed by atoms with van der Waals surface area (Å²) >= 11 is 5.96. The molecule has 1 atom stereocenters. The van der Waals surface area contributed by atoms with Crippen LogP contribution in [0.25, 0.3) is 0 Å². The smallest absolute Gasteiger partial charge is 0.137 e. The summed E-state index contributed by atoms with van der Waals surface area (Å²) in [5, 5.41) is 4.28. The summed E-state index contributed by atoms with van der Waals surface area (Å²) in [6.07, 6.45) is 4.65. The minimum Gasteiger partial charge on any atom is -0.495 e. The predicted molar refractivity (Wildman–Crippen MR) is 82.4 cm³/mol. The van der Waals surface area contributed by atoms with Crippen LogP contribution in [0.3, 0.4) is 0 Å². The topological polar surface area (TPSA) is 34.2 Å². The van der Waals surface area contributed by atoms with Crippen LogP contribution >= 0.6 is 11.6 Å². The van der Waals surface area contributed by atoms with E-state index in [0.717, 1.165) is 34.9 Å². The fraction of sp³-hybridized carbons (Fsp3) is 0.312. The van der Waals surface area contributed by atoms with E-state index in [1.165, 1.54) is 0 Å². The summed E-state index contributed by atoms with van der Waals surface area (Å²) in [6, 6.07) is 9.99. The molecule has 2 rings (SSSR count). The second-order valence-electron chi connectivity index (χ2n) is 4.60. The molecule has 1 N–H and O–H groups in total. The zero-order valence-electron chi connectivity index (χ0n) is 11.8. The van der Waals surface area contributed by atoms with E-state index < -0.39 is 0 Å². The monoisotopic (exact) mass is 290 g/mol. The molecule has 0 aliphatic heterocycles. The first kappa shape index (κ1) is 14.8. The van der Waals surface area contributed by atoms with Crippen LogP contribution in [0, 0.1) is 0 Å². The van der Waals surface area contributed by atoms with Crippen LogP contribution in [0.1, 0.15) is 30.5 Å². The lowest BCUT2D eigenvalue weighted by Gasteiger charge is -2.19. The van der Waals surface area contributed by atoms with E-state index in [9.17, 15) is 0 Å². The van der Waals surface area contributed by atoms with E-state index in [2.05, 4.69) is 17.2 Å². The van der Waals surface area contributed by atoms with Gasteiger partial charge in [0.2, 0.25) is 0 Å². The van der Waals surface area contributed by atoms with Gasteiger partial charge in [-0.3, -0.25) is 4.98 Å². The minimum absolute atomic E-state index is 0.0924. The zero-order chi connectivity index (χ0) is 14.4. The lowest BCUT2D eigenvalue weighted by atomic mass is 10.00. The molecule has 0 aliphatic carbocycles. The highest BCUT2D eigenvalue weighted by Crippen LogP contribution is 2.25. The summed E-state index contributed by atoms with van der Waals surface area (Å²) in [5.41, 5.74) is 2.25. The summed E-state index contributed by atoms with van der Waals surface area (Å²) in [4.78, 5) is 4.24. The Morgan fingerprint density at radius 3 is 2.60 bits per heavy atom. The third-order valence-electron chi connectivity index (χ3n) is 3.11. The Bertz CT molecular complexity index is 542. The highest BCUT2D eigenvalue weighted by atomic mass is 35.5. The summed E-state index contributed by atoms with van der Waals surface area (Å²) in [7, 11) is 1.65. The van der Waals surface area contributed by atoms with Crippen LogP contribution in [0.5, 0.6) is 5.75 Å². The van der Waals surface area contributed by atoms with Gasteiger partial charge in [0.25, 0.3) is 0 Å². The largest absolute Gasteiger partial charge is 0.495 e. The quantitative estimate of drug-likeness (QED) is 0.878. The van der Waals surface area contributed by atoms with Crippen molar-refractivity contribution in [2.75, 3.05) is 13.7 Å². The van der Waals surface area contributed by atoms with Crippen molar-refractivity contribution in [1.29, 1.82) is 0 Å². The zero-order valence-corrected chi connectivity index (χ0v) is 12.5. The fourth-order valence-corrected chi connectivity index (χ4v) is 2.20. The van der Waals surface area contributed by atoms with Gasteiger partial charge in [0, 0.05) is 11.2 Å². The van der Waals surface area contributed by atoms with Gasteiger partial charge in [-0.05, 0) is 42.3 Å². The number of pyridine rings is 1. The predicted octanol–water partition coefficient (Wildman–Crippen LogP) is 3.83. The third-order valence-corrected chi connectivity index (χ3v) is 3.36. The highest BCUT2D eigenvalue weighted by molar-refractivity contribution is 6.30.